The smallest absolute Gasteiger partial charge is 0.137 e. The van der Waals surface area contributed by atoms with E-state index in [0.717, 1.165) is 11.3 Å². The van der Waals surface area contributed by atoms with Gasteiger partial charge in [0.25, 0.3) is 0 Å². The largest absolute Gasteiger partial charge is 0.382 e. The molecule has 8 heteroatoms. The van der Waals surface area contributed by atoms with Crippen molar-refractivity contribution in [2.24, 2.45) is 0 Å². The Labute approximate surface area is 190 Å². The van der Waals surface area contributed by atoms with Crippen molar-refractivity contribution < 1.29 is 9.50 Å². The molecule has 0 aliphatic heterocycles. The maximum atomic E-state index is 14.7. The number of hydrogen-bond acceptors (Lipinski definition) is 6. The molecule has 0 saturated carbocycles. The van der Waals surface area contributed by atoms with Gasteiger partial charge in [0.05, 0.1) is 28.9 Å². The van der Waals surface area contributed by atoms with Gasteiger partial charge < -0.3 is 5.11 Å². The SMILES string of the molecule is CC.C[C@@H](c1nc(-c2ccc(C#N)cc2)cs1)[C@](O)(Cn1cncn1)c1ccccc1F. The monoisotopic (exact) mass is 449 g/mol. The first-order chi connectivity index (χ1) is 15.5. The first-order valence-corrected chi connectivity index (χ1v) is 11.1. The highest BCUT2D eigenvalue weighted by molar-refractivity contribution is 7.10. The molecule has 2 heterocycles. The lowest BCUT2D eigenvalue weighted by Crippen LogP contribution is -2.38. The second-order valence-corrected chi connectivity index (χ2v) is 7.87. The Kier molecular flexibility index (Phi) is 7.46. The topological polar surface area (TPSA) is 87.6 Å². The first-order valence-electron chi connectivity index (χ1n) is 10.3. The zero-order valence-corrected chi connectivity index (χ0v) is 18.9. The van der Waals surface area contributed by atoms with Crippen LogP contribution >= 0.6 is 11.3 Å². The molecule has 2 aromatic heterocycles. The van der Waals surface area contributed by atoms with E-state index in [1.165, 1.54) is 34.7 Å². The number of halogens is 1. The Morgan fingerprint density at radius 3 is 2.53 bits per heavy atom. The summed E-state index contributed by atoms with van der Waals surface area (Å²) in [5, 5.41) is 27.3. The van der Waals surface area contributed by atoms with Crippen LogP contribution in [-0.2, 0) is 12.1 Å². The summed E-state index contributed by atoms with van der Waals surface area (Å²) in [6.45, 7) is 5.85. The van der Waals surface area contributed by atoms with Gasteiger partial charge in [0.2, 0.25) is 0 Å². The highest BCUT2D eigenvalue weighted by Crippen LogP contribution is 2.41. The van der Waals surface area contributed by atoms with E-state index in [9.17, 15) is 9.50 Å². The minimum absolute atomic E-state index is 0.0287. The third-order valence-electron chi connectivity index (χ3n) is 5.13. The van der Waals surface area contributed by atoms with Crippen molar-refractivity contribution in [3.63, 3.8) is 0 Å². The summed E-state index contributed by atoms with van der Waals surface area (Å²) in [5.74, 6) is -1.01. The van der Waals surface area contributed by atoms with Gasteiger partial charge in [0, 0.05) is 22.4 Å². The van der Waals surface area contributed by atoms with E-state index in [4.69, 9.17) is 10.2 Å². The standard InChI is InChI=1S/C22H18FN5OS.C2H6/c1-15(21-27-20(11-30-21)17-8-6-16(10-24)7-9-17)22(29,12-28-14-25-13-26-28)18-4-2-3-5-19(18)23;1-2/h2-9,11,13-15,29H,12H2,1H3;1-2H3/t15-,22+;/m0./s1. The van der Waals surface area contributed by atoms with Gasteiger partial charge in [-0.3, -0.25) is 0 Å². The van der Waals surface area contributed by atoms with E-state index in [2.05, 4.69) is 16.2 Å². The van der Waals surface area contributed by atoms with Gasteiger partial charge in [0.1, 0.15) is 24.1 Å². The summed E-state index contributed by atoms with van der Waals surface area (Å²) in [6, 6.07) is 15.4. The van der Waals surface area contributed by atoms with Crippen molar-refractivity contribution >= 4 is 11.3 Å². The van der Waals surface area contributed by atoms with Gasteiger partial charge in [-0.25, -0.2) is 19.0 Å². The molecule has 0 spiro atoms. The van der Waals surface area contributed by atoms with Crippen LogP contribution in [0.2, 0.25) is 0 Å². The van der Waals surface area contributed by atoms with Crippen LogP contribution in [0.4, 0.5) is 4.39 Å². The molecule has 2 aromatic carbocycles. The van der Waals surface area contributed by atoms with Gasteiger partial charge in [0.15, 0.2) is 0 Å². The average Bonchev–Trinajstić information content (AvgIpc) is 3.52. The number of aliphatic hydroxyl groups is 1. The fraction of sp³-hybridized carbons (Fsp3) is 0.250. The molecule has 0 aliphatic rings. The van der Waals surface area contributed by atoms with Crippen molar-refractivity contribution in [3.8, 4) is 17.3 Å². The minimum Gasteiger partial charge on any atom is -0.382 e. The van der Waals surface area contributed by atoms with Crippen LogP contribution in [0, 0.1) is 17.1 Å². The van der Waals surface area contributed by atoms with E-state index in [-0.39, 0.29) is 12.1 Å². The molecule has 0 radical (unpaired) electrons. The summed E-state index contributed by atoms with van der Waals surface area (Å²) >= 11 is 1.40. The Balaban J connectivity index is 0.00000141. The van der Waals surface area contributed by atoms with E-state index < -0.39 is 17.3 Å². The molecule has 0 aliphatic carbocycles. The number of benzene rings is 2. The molecule has 1 N–H and O–H groups in total. The third kappa shape index (κ3) is 4.74. The Hall–Kier alpha value is -3.41. The van der Waals surface area contributed by atoms with E-state index >= 15 is 0 Å². The summed E-state index contributed by atoms with van der Waals surface area (Å²) in [6.07, 6.45) is 2.86. The molecule has 0 saturated heterocycles. The minimum atomic E-state index is -1.58. The van der Waals surface area contributed by atoms with Gasteiger partial charge >= 0.3 is 0 Å². The maximum Gasteiger partial charge on any atom is 0.137 e. The van der Waals surface area contributed by atoms with Crippen LogP contribution in [0.3, 0.4) is 0 Å². The number of thiazole rings is 1. The van der Waals surface area contributed by atoms with Gasteiger partial charge in [-0.1, -0.05) is 51.1 Å². The molecule has 0 amide bonds. The number of nitriles is 1. The second kappa shape index (κ2) is 10.3. The molecule has 4 rings (SSSR count). The fourth-order valence-corrected chi connectivity index (χ4v) is 4.34. The summed E-state index contributed by atoms with van der Waals surface area (Å²) in [5.41, 5.74) is 0.781. The Bertz CT molecular complexity index is 1180. The van der Waals surface area contributed by atoms with Crippen LogP contribution < -0.4 is 0 Å². The molecule has 32 heavy (non-hydrogen) atoms. The molecular weight excluding hydrogens is 425 g/mol. The van der Waals surface area contributed by atoms with Crippen molar-refractivity contribution in [1.29, 1.82) is 5.26 Å². The molecule has 0 fully saturated rings. The highest BCUT2D eigenvalue weighted by atomic mass is 32.1. The summed E-state index contributed by atoms with van der Waals surface area (Å²) in [4.78, 5) is 8.62. The molecule has 164 valence electrons. The zero-order valence-electron chi connectivity index (χ0n) is 18.1. The van der Waals surface area contributed by atoms with E-state index in [1.807, 2.05) is 38.3 Å². The van der Waals surface area contributed by atoms with Crippen molar-refractivity contribution in [3.05, 3.63) is 88.5 Å². The predicted octanol–water partition coefficient (Wildman–Crippen LogP) is 5.13. The molecule has 0 unspecified atom stereocenters. The van der Waals surface area contributed by atoms with Crippen LogP contribution in [0.25, 0.3) is 11.3 Å². The fourth-order valence-electron chi connectivity index (χ4n) is 3.37. The number of aromatic nitrogens is 4. The van der Waals surface area contributed by atoms with E-state index in [0.29, 0.717) is 10.6 Å². The Morgan fingerprint density at radius 2 is 1.91 bits per heavy atom. The quantitative estimate of drug-likeness (QED) is 0.441. The average molecular weight is 450 g/mol. The first kappa shape index (κ1) is 23.3. The van der Waals surface area contributed by atoms with Crippen LogP contribution in [0.1, 0.15) is 42.8 Å². The van der Waals surface area contributed by atoms with Crippen molar-refractivity contribution in [1.82, 2.24) is 19.7 Å². The van der Waals surface area contributed by atoms with Crippen LogP contribution in [0.15, 0.2) is 66.6 Å². The number of rotatable bonds is 6. The predicted molar refractivity (Wildman–Crippen MR) is 122 cm³/mol. The summed E-state index contributed by atoms with van der Waals surface area (Å²) in [7, 11) is 0. The second-order valence-electron chi connectivity index (χ2n) is 6.98. The lowest BCUT2D eigenvalue weighted by atomic mass is 9.82. The van der Waals surface area contributed by atoms with Crippen molar-refractivity contribution in [2.45, 2.75) is 38.8 Å². The lowest BCUT2D eigenvalue weighted by molar-refractivity contribution is -0.0111. The van der Waals surface area contributed by atoms with Crippen LogP contribution in [-0.4, -0.2) is 24.9 Å². The zero-order chi connectivity index (χ0) is 23.1. The summed E-state index contributed by atoms with van der Waals surface area (Å²) < 4.78 is 16.2. The van der Waals surface area contributed by atoms with Gasteiger partial charge in [-0.15, -0.1) is 11.3 Å². The van der Waals surface area contributed by atoms with Crippen molar-refractivity contribution in [2.75, 3.05) is 0 Å². The molecule has 2 atom stereocenters. The van der Waals surface area contributed by atoms with Crippen LogP contribution in [0.5, 0.6) is 0 Å². The molecular formula is C24H24FN5OS. The van der Waals surface area contributed by atoms with Gasteiger partial charge in [-0.2, -0.15) is 10.4 Å². The number of nitrogens with zero attached hydrogens (tertiary/aromatic N) is 5. The Morgan fingerprint density at radius 1 is 1.19 bits per heavy atom. The van der Waals surface area contributed by atoms with E-state index in [1.54, 1.807) is 30.3 Å². The van der Waals surface area contributed by atoms with Gasteiger partial charge in [-0.05, 0) is 18.2 Å². The molecule has 4 aromatic rings. The third-order valence-corrected chi connectivity index (χ3v) is 6.16. The lowest BCUT2D eigenvalue weighted by Gasteiger charge is -2.33. The highest BCUT2D eigenvalue weighted by Gasteiger charge is 2.41. The molecule has 6 nitrogen and oxygen atoms in total. The number of hydrogen-bond donors (Lipinski definition) is 1. The maximum absolute atomic E-state index is 14.7. The normalized spacial score (nSPS) is 13.4. The molecule has 0 bridgehead atoms.